The lowest BCUT2D eigenvalue weighted by molar-refractivity contribution is 1.07. The van der Waals surface area contributed by atoms with Crippen molar-refractivity contribution < 1.29 is 0 Å². The Hall–Kier alpha value is -8.11. The lowest BCUT2D eigenvalue weighted by Gasteiger charge is -2.20. The highest BCUT2D eigenvalue weighted by atomic mass is 32.1. The molecule has 308 valence electrons. The van der Waals surface area contributed by atoms with E-state index in [1.54, 1.807) is 11.3 Å². The lowest BCUT2D eigenvalue weighted by Crippen LogP contribution is -2.06. The van der Waals surface area contributed by atoms with Gasteiger partial charge in [-0.2, -0.15) is 0 Å². The molecule has 0 atom stereocenters. The maximum absolute atomic E-state index is 7.41. The van der Waals surface area contributed by atoms with Crippen LogP contribution in [0.3, 0.4) is 0 Å². The fourth-order valence-corrected chi connectivity index (χ4v) is 10.4. The van der Waals surface area contributed by atoms with Crippen LogP contribution < -0.4 is 5.73 Å². The summed E-state index contributed by atoms with van der Waals surface area (Å²) in [7, 11) is 0. The van der Waals surface area contributed by atoms with Crippen LogP contribution in [0, 0.1) is 0 Å². The molecule has 2 N–H and O–H groups in total. The molecular weight excluding hydrogens is 805 g/mol. The molecule has 65 heavy (non-hydrogen) atoms. The van der Waals surface area contributed by atoms with Gasteiger partial charge in [0.1, 0.15) is 0 Å². The molecule has 3 heteroatoms. The molecule has 0 saturated heterocycles. The Morgan fingerprint density at radius 1 is 0.446 bits per heavy atom. The number of rotatable bonds is 10. The summed E-state index contributed by atoms with van der Waals surface area (Å²) in [5.41, 5.74) is 23.5. The Balaban J connectivity index is 1.16. The Morgan fingerprint density at radius 2 is 0.938 bits per heavy atom. The number of nitrogens with two attached hydrogens (primary N) is 1. The number of hydrogen-bond donors (Lipinski definition) is 1. The van der Waals surface area contributed by atoms with E-state index in [1.165, 1.54) is 47.8 Å². The molecule has 11 aromatic rings. The van der Waals surface area contributed by atoms with Gasteiger partial charge in [-0.1, -0.05) is 194 Å². The normalized spacial score (nSPS) is 12.0. The van der Waals surface area contributed by atoms with E-state index in [2.05, 4.69) is 237 Å². The molecule has 0 radical (unpaired) electrons. The Bertz CT molecular complexity index is 3480. The van der Waals surface area contributed by atoms with Gasteiger partial charge in [-0.05, 0) is 121 Å². The van der Waals surface area contributed by atoms with Crippen molar-refractivity contribution in [3.05, 3.63) is 259 Å². The zero-order valence-electron chi connectivity index (χ0n) is 35.7. The third-order valence-corrected chi connectivity index (χ3v) is 13.5. The summed E-state index contributed by atoms with van der Waals surface area (Å²) >= 11 is 1.80. The molecule has 1 heterocycles. The summed E-state index contributed by atoms with van der Waals surface area (Å²) in [4.78, 5) is 5.43. The minimum atomic E-state index is 0.503. The van der Waals surface area contributed by atoms with Gasteiger partial charge in [0.25, 0.3) is 0 Å². The maximum Gasteiger partial charge on any atom is 0.0671 e. The quantitative estimate of drug-likeness (QED) is 0.137. The first kappa shape index (κ1) is 39.7. The smallest absolute Gasteiger partial charge is 0.0671 e. The van der Waals surface area contributed by atoms with Crippen LogP contribution in [0.15, 0.2) is 248 Å². The first-order chi connectivity index (χ1) is 32.1. The van der Waals surface area contributed by atoms with E-state index in [0.29, 0.717) is 12.2 Å². The van der Waals surface area contributed by atoms with Gasteiger partial charge >= 0.3 is 0 Å². The first-order valence-electron chi connectivity index (χ1n) is 22.1. The first-order valence-corrected chi connectivity index (χ1v) is 22.9. The van der Waals surface area contributed by atoms with E-state index >= 15 is 0 Å². The standard InChI is InChI=1S/C62H44N2S/c63-57(56-37-47-30-16-17-31-52(47)61-53-32-18-19-33-59(53)65-62(56)61)40-58(64-41-42-20-6-1-7-21-42)51-35-48(43-22-8-2-9-23-43)34-49(36-51)50-38-54(44-24-10-3-11-25-44)60(46-28-14-5-15-29-46)55(39-50)45-26-12-4-13-27-45/h1-40H,41,63H2/b57-40-,64-58?. The van der Waals surface area contributed by atoms with Gasteiger partial charge in [-0.25, -0.2) is 0 Å². The summed E-state index contributed by atoms with van der Waals surface area (Å²) in [6, 6.07) is 84.7. The Kier molecular flexibility index (Phi) is 10.7. The SMILES string of the molecule is N/C(=C\C(=NCc1ccccc1)c1cc(-c2ccccc2)cc(-c2cc(-c3ccccc3)c(-c3ccccc3)c(-c3ccccc3)c2)c1)c1cc2ccccc2c2c1sc1ccccc12. The highest BCUT2D eigenvalue weighted by Gasteiger charge is 2.20. The third kappa shape index (κ3) is 7.95. The number of allylic oxidation sites excluding steroid dienone is 1. The largest absolute Gasteiger partial charge is 0.398 e. The molecule has 0 spiro atoms. The summed E-state index contributed by atoms with van der Waals surface area (Å²) in [5.74, 6) is 0. The zero-order chi connectivity index (χ0) is 43.5. The van der Waals surface area contributed by atoms with Crippen molar-refractivity contribution in [2.45, 2.75) is 6.54 Å². The topological polar surface area (TPSA) is 38.4 Å². The van der Waals surface area contributed by atoms with Crippen LogP contribution in [0.25, 0.3) is 92.3 Å². The van der Waals surface area contributed by atoms with E-state index in [4.69, 9.17) is 10.7 Å². The molecule has 10 aromatic carbocycles. The average molecular weight is 849 g/mol. The number of aliphatic imine (C=N–C) groups is 1. The van der Waals surface area contributed by atoms with E-state index in [-0.39, 0.29) is 0 Å². The molecule has 0 amide bonds. The van der Waals surface area contributed by atoms with Crippen molar-refractivity contribution in [1.29, 1.82) is 0 Å². The maximum atomic E-state index is 7.41. The summed E-state index contributed by atoms with van der Waals surface area (Å²) < 4.78 is 2.43. The highest BCUT2D eigenvalue weighted by Crippen LogP contribution is 2.45. The van der Waals surface area contributed by atoms with Crippen molar-refractivity contribution in [3.8, 4) is 55.6 Å². The van der Waals surface area contributed by atoms with Gasteiger partial charge in [0.15, 0.2) is 0 Å². The molecule has 0 aliphatic carbocycles. The number of hydrogen-bond acceptors (Lipinski definition) is 3. The average Bonchev–Trinajstić information content (AvgIpc) is 3.78. The van der Waals surface area contributed by atoms with Gasteiger partial charge in [0.05, 0.1) is 12.3 Å². The van der Waals surface area contributed by atoms with Crippen LogP contribution in [0.4, 0.5) is 0 Å². The second kappa shape index (κ2) is 17.6. The second-order valence-corrected chi connectivity index (χ2v) is 17.5. The molecule has 0 fully saturated rings. The molecule has 1 aromatic heterocycles. The van der Waals surface area contributed by atoms with Crippen LogP contribution in [0.2, 0.25) is 0 Å². The molecule has 0 bridgehead atoms. The van der Waals surface area contributed by atoms with E-state index in [1.807, 2.05) is 6.07 Å². The van der Waals surface area contributed by atoms with Crippen molar-refractivity contribution in [2.24, 2.45) is 10.7 Å². The lowest BCUT2D eigenvalue weighted by atomic mass is 9.84. The van der Waals surface area contributed by atoms with E-state index in [9.17, 15) is 0 Å². The Labute approximate surface area is 384 Å². The second-order valence-electron chi connectivity index (χ2n) is 16.4. The van der Waals surface area contributed by atoms with E-state index in [0.717, 1.165) is 61.2 Å². The van der Waals surface area contributed by atoms with Crippen LogP contribution in [0.1, 0.15) is 16.7 Å². The number of benzene rings is 10. The molecule has 0 aliphatic rings. The molecule has 0 saturated carbocycles. The third-order valence-electron chi connectivity index (χ3n) is 12.3. The van der Waals surface area contributed by atoms with Gasteiger partial charge in [0.2, 0.25) is 0 Å². The number of thiophene rings is 1. The molecular formula is C62H44N2S. The summed E-state index contributed by atoms with van der Waals surface area (Å²) in [5, 5.41) is 4.89. The number of fused-ring (bicyclic) bond motifs is 5. The van der Waals surface area contributed by atoms with Crippen molar-refractivity contribution in [2.75, 3.05) is 0 Å². The molecule has 0 aliphatic heterocycles. The molecule has 11 rings (SSSR count). The van der Waals surface area contributed by atoms with Gasteiger partial charge in [-0.15, -0.1) is 11.3 Å². The van der Waals surface area contributed by atoms with Crippen LogP contribution in [-0.4, -0.2) is 5.71 Å². The predicted molar refractivity (Wildman–Crippen MR) is 279 cm³/mol. The van der Waals surface area contributed by atoms with Crippen LogP contribution in [-0.2, 0) is 6.54 Å². The van der Waals surface area contributed by atoms with E-state index < -0.39 is 0 Å². The fraction of sp³-hybridized carbons (Fsp3) is 0.0161. The monoisotopic (exact) mass is 848 g/mol. The fourth-order valence-electron chi connectivity index (χ4n) is 9.15. The highest BCUT2D eigenvalue weighted by molar-refractivity contribution is 7.26. The van der Waals surface area contributed by atoms with Gasteiger partial charge in [-0.3, -0.25) is 4.99 Å². The minimum Gasteiger partial charge on any atom is -0.398 e. The molecule has 2 nitrogen and oxygen atoms in total. The zero-order valence-corrected chi connectivity index (χ0v) is 36.6. The predicted octanol–water partition coefficient (Wildman–Crippen LogP) is 16.5. The molecule has 0 unspecified atom stereocenters. The summed E-state index contributed by atoms with van der Waals surface area (Å²) in [6.07, 6.45) is 2.11. The minimum absolute atomic E-state index is 0.503. The van der Waals surface area contributed by atoms with Gasteiger partial charge < -0.3 is 5.73 Å². The number of nitrogens with zero attached hydrogens (tertiary/aromatic N) is 1. The Morgan fingerprint density at radius 3 is 1.57 bits per heavy atom. The van der Waals surface area contributed by atoms with Crippen molar-refractivity contribution in [1.82, 2.24) is 0 Å². The van der Waals surface area contributed by atoms with Crippen LogP contribution >= 0.6 is 11.3 Å². The van der Waals surface area contributed by atoms with Crippen LogP contribution in [0.5, 0.6) is 0 Å². The summed E-state index contributed by atoms with van der Waals surface area (Å²) in [6.45, 7) is 0.503. The van der Waals surface area contributed by atoms with Gasteiger partial charge in [0, 0.05) is 37.0 Å². The van der Waals surface area contributed by atoms with Crippen molar-refractivity contribution >= 4 is 53.7 Å². The van der Waals surface area contributed by atoms with Crippen molar-refractivity contribution in [3.63, 3.8) is 0 Å².